The van der Waals surface area contributed by atoms with Crippen molar-refractivity contribution in [3.8, 4) is 33.4 Å². The molecular formula is C82H78F8N4O12. The monoisotopic (exact) mass is 1460 g/mol. The van der Waals surface area contributed by atoms with Crippen LogP contribution in [0.1, 0.15) is 130 Å². The lowest BCUT2D eigenvalue weighted by Crippen LogP contribution is -2.39. The van der Waals surface area contributed by atoms with Crippen molar-refractivity contribution in [3.05, 3.63) is 262 Å². The fraction of sp³-hybridized carbons (Fsp3) is 0.244. The number of nitrogens with one attached hydrogen (secondary N) is 1. The van der Waals surface area contributed by atoms with Crippen LogP contribution in [-0.4, -0.2) is 90.6 Å². The molecule has 0 saturated carbocycles. The summed E-state index contributed by atoms with van der Waals surface area (Å²) in [5.74, 6) is -16.2. The average molecular weight is 1460 g/mol. The van der Waals surface area contributed by atoms with E-state index < -0.39 is 141 Å². The molecule has 0 unspecified atom stereocenters. The largest absolute Gasteiger partial charge is 0.462 e. The lowest BCUT2D eigenvalue weighted by atomic mass is 10.0. The van der Waals surface area contributed by atoms with Crippen LogP contribution in [0.15, 0.2) is 188 Å². The molecule has 0 aromatic heterocycles. The molecule has 0 aliphatic carbocycles. The Morgan fingerprint density at radius 1 is 0.368 bits per heavy atom. The van der Waals surface area contributed by atoms with Gasteiger partial charge in [0.2, 0.25) is 5.91 Å². The number of aryl methyl sites for hydroxylation is 1. The zero-order valence-corrected chi connectivity index (χ0v) is 60.2. The molecule has 0 heterocycles. The van der Waals surface area contributed by atoms with Gasteiger partial charge < -0.3 is 24.3 Å². The maximum absolute atomic E-state index is 14.4. The van der Waals surface area contributed by atoms with Crippen LogP contribution in [0, 0.1) is 46.5 Å². The highest BCUT2D eigenvalue weighted by atomic mass is 19.2. The summed E-state index contributed by atoms with van der Waals surface area (Å²) in [6.45, 7) is 18.6. The summed E-state index contributed by atoms with van der Waals surface area (Å²) in [5, 5.41) is 2.66. The molecule has 0 aliphatic heterocycles. The maximum atomic E-state index is 14.4. The minimum atomic E-state index is -1.39. The minimum absolute atomic E-state index is 0.164. The van der Waals surface area contributed by atoms with E-state index in [1.54, 1.807) is 178 Å². The number of carbonyl (C=O) groups excluding carboxylic acids is 8. The Kier molecular flexibility index (Phi) is 27.3. The van der Waals surface area contributed by atoms with E-state index in [2.05, 4.69) is 5.32 Å². The van der Waals surface area contributed by atoms with Gasteiger partial charge in [0.05, 0.1) is 12.2 Å². The quantitative estimate of drug-likeness (QED) is 0.0458. The highest BCUT2D eigenvalue weighted by Gasteiger charge is 2.33. The van der Waals surface area contributed by atoms with E-state index >= 15 is 0 Å². The van der Waals surface area contributed by atoms with Gasteiger partial charge in [-0.25, -0.2) is 39.9 Å². The lowest BCUT2D eigenvalue weighted by molar-refractivity contribution is -0.154. The molecular weight excluding hydrogens is 1380 g/mol. The SMILES string of the molecule is CC(=O)Nc1ccc(-c2cccc(N(CC(=O)OC(C)(C)C)C(=O)c3c(F)cc(F)cc3F)c2)cc1.CCOC(=O)c1ccc(-c2cccc(N(CC(=O)OC(C)(C)C)C(=O)c3c(F)cccc3F)c2)cc1.CCc1ccc(-c2cccc(N(CC(=O)OC(C)(C)C)C(=O)c3c(F)cc(F)cc3F)c2)cc1. The van der Waals surface area contributed by atoms with Gasteiger partial charge in [-0.2, -0.15) is 0 Å². The number of esters is 4. The fourth-order valence-electron chi connectivity index (χ4n) is 10.4. The summed E-state index contributed by atoms with van der Waals surface area (Å²) in [6, 6.07) is 45.7. The van der Waals surface area contributed by atoms with Crippen LogP contribution >= 0.6 is 0 Å². The number of hydrogen-bond donors (Lipinski definition) is 1. The molecule has 554 valence electrons. The summed E-state index contributed by atoms with van der Waals surface area (Å²) >= 11 is 0. The molecule has 106 heavy (non-hydrogen) atoms. The highest BCUT2D eigenvalue weighted by Crippen LogP contribution is 2.33. The molecule has 9 aromatic carbocycles. The van der Waals surface area contributed by atoms with Gasteiger partial charge in [0.25, 0.3) is 17.7 Å². The van der Waals surface area contributed by atoms with Crippen molar-refractivity contribution in [3.63, 3.8) is 0 Å². The summed E-state index contributed by atoms with van der Waals surface area (Å²) in [7, 11) is 0. The van der Waals surface area contributed by atoms with Crippen LogP contribution in [0.4, 0.5) is 57.9 Å². The predicted molar refractivity (Wildman–Crippen MR) is 387 cm³/mol. The second kappa shape index (κ2) is 35.6. The molecule has 24 heteroatoms. The maximum Gasteiger partial charge on any atom is 0.338 e. The van der Waals surface area contributed by atoms with Crippen LogP contribution < -0.4 is 20.0 Å². The first-order valence-corrected chi connectivity index (χ1v) is 33.2. The molecule has 0 aliphatic rings. The second-order valence-electron chi connectivity index (χ2n) is 26.8. The molecule has 0 atom stereocenters. The number of carbonyl (C=O) groups is 8. The van der Waals surface area contributed by atoms with Crippen LogP contribution in [0.25, 0.3) is 33.4 Å². The van der Waals surface area contributed by atoms with Crippen molar-refractivity contribution in [2.75, 3.05) is 46.3 Å². The molecule has 0 fully saturated rings. The molecule has 0 radical (unpaired) electrons. The predicted octanol–water partition coefficient (Wildman–Crippen LogP) is 17.8. The van der Waals surface area contributed by atoms with E-state index in [-0.39, 0.29) is 29.6 Å². The number of halogens is 8. The molecule has 0 bridgehead atoms. The van der Waals surface area contributed by atoms with E-state index in [1.165, 1.54) is 13.0 Å². The van der Waals surface area contributed by atoms with Gasteiger partial charge >= 0.3 is 23.9 Å². The first kappa shape index (κ1) is 81.5. The van der Waals surface area contributed by atoms with Crippen LogP contribution in [0.5, 0.6) is 0 Å². The van der Waals surface area contributed by atoms with E-state index in [0.29, 0.717) is 52.2 Å². The second-order valence-corrected chi connectivity index (χ2v) is 26.8. The van der Waals surface area contributed by atoms with Gasteiger partial charge in [-0.15, -0.1) is 0 Å². The normalized spacial score (nSPS) is 11.1. The number of benzene rings is 9. The number of hydrogen-bond acceptors (Lipinski definition) is 12. The highest BCUT2D eigenvalue weighted by molar-refractivity contribution is 6.11. The Labute approximate surface area is 608 Å². The fourth-order valence-corrected chi connectivity index (χ4v) is 10.4. The number of anilines is 4. The van der Waals surface area contributed by atoms with E-state index in [0.717, 1.165) is 61.6 Å². The van der Waals surface area contributed by atoms with Gasteiger partial charge in [0.15, 0.2) is 0 Å². The number of nitrogens with zero attached hydrogens (tertiary/aromatic N) is 3. The van der Waals surface area contributed by atoms with Crippen molar-refractivity contribution in [1.82, 2.24) is 0 Å². The molecule has 9 rings (SSSR count). The Morgan fingerprint density at radius 2 is 0.670 bits per heavy atom. The Hall–Kier alpha value is -11.8. The van der Waals surface area contributed by atoms with Gasteiger partial charge in [0.1, 0.15) is 99.7 Å². The molecule has 1 N–H and O–H groups in total. The third kappa shape index (κ3) is 23.1. The molecule has 0 saturated heterocycles. The minimum Gasteiger partial charge on any atom is -0.462 e. The van der Waals surface area contributed by atoms with E-state index in [9.17, 15) is 73.5 Å². The number of amides is 4. The summed E-state index contributed by atoms with van der Waals surface area (Å²) < 4.78 is 134. The van der Waals surface area contributed by atoms with Crippen molar-refractivity contribution in [2.45, 2.75) is 106 Å². The zero-order valence-electron chi connectivity index (χ0n) is 60.2. The average Bonchev–Trinajstić information content (AvgIpc) is 0.786. The van der Waals surface area contributed by atoms with Crippen molar-refractivity contribution in [2.24, 2.45) is 0 Å². The zero-order chi connectivity index (χ0) is 78.1. The first-order chi connectivity index (χ1) is 49.8. The van der Waals surface area contributed by atoms with E-state index in [4.69, 9.17) is 18.9 Å². The number of rotatable bonds is 19. The topological polar surface area (TPSA) is 195 Å². The van der Waals surface area contributed by atoms with Crippen molar-refractivity contribution >= 4 is 70.3 Å². The summed E-state index contributed by atoms with van der Waals surface area (Å²) in [5.41, 5.74) is 1.83. The number of ether oxygens (including phenoxy) is 4. The van der Waals surface area contributed by atoms with Crippen LogP contribution in [0.2, 0.25) is 0 Å². The Bertz CT molecular complexity index is 4640. The Morgan fingerprint density at radius 3 is 0.972 bits per heavy atom. The third-order valence-electron chi connectivity index (χ3n) is 14.9. The Balaban J connectivity index is 0.000000222. The molecule has 9 aromatic rings. The van der Waals surface area contributed by atoms with Gasteiger partial charge in [0, 0.05) is 53.9 Å². The summed E-state index contributed by atoms with van der Waals surface area (Å²) in [6.07, 6.45) is 0.882. The van der Waals surface area contributed by atoms with Gasteiger partial charge in [-0.05, 0) is 187 Å². The molecule has 4 amide bonds. The lowest BCUT2D eigenvalue weighted by Gasteiger charge is -2.26. The van der Waals surface area contributed by atoms with E-state index in [1.807, 2.05) is 37.3 Å². The first-order valence-electron chi connectivity index (χ1n) is 33.2. The van der Waals surface area contributed by atoms with Gasteiger partial charge in [-0.1, -0.05) is 97.9 Å². The van der Waals surface area contributed by atoms with Gasteiger partial charge in [-0.3, -0.25) is 48.3 Å². The summed E-state index contributed by atoms with van der Waals surface area (Å²) in [4.78, 5) is 104. The molecule has 0 spiro atoms. The van der Waals surface area contributed by atoms with Crippen molar-refractivity contribution < 1.29 is 92.4 Å². The van der Waals surface area contributed by atoms with Crippen LogP contribution in [0.3, 0.4) is 0 Å². The smallest absolute Gasteiger partial charge is 0.338 e. The third-order valence-corrected chi connectivity index (χ3v) is 14.9. The van der Waals surface area contributed by atoms with Crippen molar-refractivity contribution in [1.29, 1.82) is 0 Å². The molecule has 16 nitrogen and oxygen atoms in total. The van der Waals surface area contributed by atoms with Crippen LogP contribution in [-0.2, 0) is 44.5 Å². The standard InChI is InChI=1S/C28H27F2NO5.C27H25F3N2O4.C27H26F3NO3/c1-5-35-27(34)19-14-12-18(13-15-19)20-8-6-9-21(16-20)31(17-24(32)36-28(2,3)4)26(33)25-22(29)10-7-11-23(25)30;1-16(33)31-20-10-8-17(9-11-20)18-6-5-7-21(12-18)32(15-24(34)36-27(2,3)4)26(35)25-22(29)13-19(28)14-23(25)30;1-5-17-9-11-18(12-10-17)19-7-6-8-21(13-19)31(16-24(32)34-27(2,3)4)26(33)25-22(29)14-20(28)15-23(25)30/h6-16H,5,17H2,1-4H3;5-14H,15H2,1-4H3,(H,31,33);6-15H,5,16H2,1-4H3.